The first-order valence-corrected chi connectivity index (χ1v) is 6.86. The van der Waals surface area contributed by atoms with Crippen LogP contribution in [0.25, 0.3) is 0 Å². The molecule has 1 aromatic carbocycles. The van der Waals surface area contributed by atoms with E-state index in [0.717, 1.165) is 23.4 Å². The smallest absolute Gasteiger partial charge is 0.137 e. The minimum atomic E-state index is 0.817. The molecule has 1 aliphatic heterocycles. The minimum Gasteiger partial charge on any atom is -0.487 e. The fourth-order valence-electron chi connectivity index (χ4n) is 2.17. The normalized spacial score (nSPS) is 17.3. The van der Waals surface area contributed by atoms with E-state index in [-0.39, 0.29) is 0 Å². The van der Waals surface area contributed by atoms with Crippen LogP contribution in [0.1, 0.15) is 19.3 Å². The minimum absolute atomic E-state index is 0.817. The molecule has 1 fully saturated rings. The van der Waals surface area contributed by atoms with Gasteiger partial charge in [0.25, 0.3) is 0 Å². The molecule has 0 aliphatic carbocycles. The number of benzene rings is 1. The molecule has 1 N–H and O–H groups in total. The summed E-state index contributed by atoms with van der Waals surface area (Å²) in [6.45, 7) is 4.58. The highest BCUT2D eigenvalue weighted by molar-refractivity contribution is 9.10. The summed E-state index contributed by atoms with van der Waals surface area (Å²) in [5, 5.41) is 0. The molecule has 0 saturated carbocycles. The number of quaternary nitrogens is 1. The molecule has 2 nitrogen and oxygen atoms in total. The number of hydrogen-bond donors (Lipinski definition) is 1. The van der Waals surface area contributed by atoms with Crippen molar-refractivity contribution in [3.05, 3.63) is 28.7 Å². The lowest BCUT2D eigenvalue weighted by Crippen LogP contribution is -3.13. The van der Waals surface area contributed by atoms with E-state index >= 15 is 0 Å². The zero-order valence-corrected chi connectivity index (χ0v) is 11.1. The average Bonchev–Trinajstić information content (AvgIpc) is 2.33. The third-order valence-electron chi connectivity index (χ3n) is 3.11. The van der Waals surface area contributed by atoms with Gasteiger partial charge < -0.3 is 9.64 Å². The van der Waals surface area contributed by atoms with Gasteiger partial charge in [-0.25, -0.2) is 0 Å². The van der Waals surface area contributed by atoms with Gasteiger partial charge in [0.2, 0.25) is 0 Å². The second kappa shape index (κ2) is 6.26. The lowest BCUT2D eigenvalue weighted by atomic mass is 10.1. The molecule has 16 heavy (non-hydrogen) atoms. The highest BCUT2D eigenvalue weighted by atomic mass is 79.9. The standard InChI is InChI=1S/C13H18BrNO/c14-12-6-2-3-7-13(12)16-11-10-15-8-4-1-5-9-15/h2-3,6-7H,1,4-5,8-11H2/p+1. The molecule has 88 valence electrons. The molecule has 1 saturated heterocycles. The molecular formula is C13H19BrNO+. The quantitative estimate of drug-likeness (QED) is 0.892. The maximum absolute atomic E-state index is 5.77. The Labute approximate surface area is 106 Å². The van der Waals surface area contributed by atoms with E-state index in [9.17, 15) is 0 Å². The summed E-state index contributed by atoms with van der Waals surface area (Å²) >= 11 is 3.49. The van der Waals surface area contributed by atoms with E-state index in [1.165, 1.54) is 32.4 Å². The molecule has 0 radical (unpaired) electrons. The first-order valence-electron chi connectivity index (χ1n) is 6.07. The van der Waals surface area contributed by atoms with E-state index in [1.807, 2.05) is 24.3 Å². The van der Waals surface area contributed by atoms with Crippen molar-refractivity contribution < 1.29 is 9.64 Å². The van der Waals surface area contributed by atoms with E-state index in [1.54, 1.807) is 4.90 Å². The number of likely N-dealkylation sites (tertiary alicyclic amines) is 1. The summed E-state index contributed by atoms with van der Waals surface area (Å²) in [4.78, 5) is 1.69. The van der Waals surface area contributed by atoms with Crippen molar-refractivity contribution in [2.24, 2.45) is 0 Å². The molecule has 1 aromatic rings. The molecule has 1 aliphatic rings. The van der Waals surface area contributed by atoms with Crippen LogP contribution in [-0.4, -0.2) is 26.2 Å². The molecule has 0 spiro atoms. The van der Waals surface area contributed by atoms with Crippen molar-refractivity contribution in [3.63, 3.8) is 0 Å². The van der Waals surface area contributed by atoms with Crippen LogP contribution in [0.2, 0.25) is 0 Å². The summed E-state index contributed by atoms with van der Waals surface area (Å²) in [6.07, 6.45) is 4.17. The maximum atomic E-state index is 5.77. The fraction of sp³-hybridized carbons (Fsp3) is 0.538. The molecule has 0 unspecified atom stereocenters. The molecule has 2 rings (SSSR count). The third-order valence-corrected chi connectivity index (χ3v) is 3.77. The molecule has 1 heterocycles. The number of hydrogen-bond acceptors (Lipinski definition) is 1. The molecule has 0 atom stereocenters. The zero-order valence-electron chi connectivity index (χ0n) is 9.55. The Morgan fingerprint density at radius 1 is 1.12 bits per heavy atom. The van der Waals surface area contributed by atoms with Crippen LogP contribution < -0.4 is 9.64 Å². The van der Waals surface area contributed by atoms with Gasteiger partial charge in [0.05, 0.1) is 17.6 Å². The van der Waals surface area contributed by atoms with E-state index < -0.39 is 0 Å². The van der Waals surface area contributed by atoms with E-state index in [2.05, 4.69) is 15.9 Å². The van der Waals surface area contributed by atoms with Gasteiger partial charge in [0.1, 0.15) is 18.9 Å². The fourth-order valence-corrected chi connectivity index (χ4v) is 2.57. The van der Waals surface area contributed by atoms with Crippen molar-refractivity contribution >= 4 is 15.9 Å². The van der Waals surface area contributed by atoms with Crippen molar-refractivity contribution in [2.45, 2.75) is 19.3 Å². The number of halogens is 1. The molecule has 0 amide bonds. The van der Waals surface area contributed by atoms with Crippen LogP contribution in [0.15, 0.2) is 28.7 Å². The molecular weight excluding hydrogens is 266 g/mol. The first kappa shape index (κ1) is 11.9. The highest BCUT2D eigenvalue weighted by Gasteiger charge is 2.13. The first-order chi connectivity index (χ1) is 7.86. The van der Waals surface area contributed by atoms with Gasteiger partial charge in [0.15, 0.2) is 0 Å². The van der Waals surface area contributed by atoms with Gasteiger partial charge in [-0.2, -0.15) is 0 Å². The number of nitrogens with one attached hydrogen (secondary N) is 1. The molecule has 3 heteroatoms. The Bertz CT molecular complexity index is 323. The average molecular weight is 285 g/mol. The van der Waals surface area contributed by atoms with Crippen molar-refractivity contribution in [2.75, 3.05) is 26.2 Å². The monoisotopic (exact) mass is 284 g/mol. The van der Waals surface area contributed by atoms with Gasteiger partial charge in [-0.15, -0.1) is 0 Å². The van der Waals surface area contributed by atoms with Crippen LogP contribution in [0.5, 0.6) is 5.75 Å². The van der Waals surface area contributed by atoms with E-state index in [0.29, 0.717) is 0 Å². The molecule has 0 aromatic heterocycles. The maximum Gasteiger partial charge on any atom is 0.137 e. The second-order valence-corrected chi connectivity index (χ2v) is 5.19. The summed E-state index contributed by atoms with van der Waals surface area (Å²) < 4.78 is 6.82. The number of rotatable bonds is 4. The third kappa shape index (κ3) is 3.49. The van der Waals surface area contributed by atoms with Crippen LogP contribution in [0.4, 0.5) is 0 Å². The number of piperidine rings is 1. The van der Waals surface area contributed by atoms with Crippen LogP contribution in [0.3, 0.4) is 0 Å². The largest absolute Gasteiger partial charge is 0.487 e. The zero-order chi connectivity index (χ0) is 11.2. The van der Waals surface area contributed by atoms with Gasteiger partial charge >= 0.3 is 0 Å². The number of para-hydroxylation sites is 1. The second-order valence-electron chi connectivity index (χ2n) is 4.34. The van der Waals surface area contributed by atoms with Gasteiger partial charge in [-0.1, -0.05) is 12.1 Å². The van der Waals surface area contributed by atoms with E-state index in [4.69, 9.17) is 4.74 Å². The predicted molar refractivity (Wildman–Crippen MR) is 69.1 cm³/mol. The highest BCUT2D eigenvalue weighted by Crippen LogP contribution is 2.23. The van der Waals surface area contributed by atoms with Crippen LogP contribution in [0, 0.1) is 0 Å². The van der Waals surface area contributed by atoms with Gasteiger partial charge in [0, 0.05) is 0 Å². The Morgan fingerprint density at radius 3 is 2.62 bits per heavy atom. The SMILES string of the molecule is Brc1ccccc1OCC[NH+]1CCCCC1. The predicted octanol–water partition coefficient (Wildman–Crippen LogP) is 1.90. The summed E-state index contributed by atoms with van der Waals surface area (Å²) in [5.41, 5.74) is 0. The Morgan fingerprint density at radius 2 is 1.88 bits per heavy atom. The summed E-state index contributed by atoms with van der Waals surface area (Å²) in [6, 6.07) is 8.04. The summed E-state index contributed by atoms with van der Waals surface area (Å²) in [5.74, 6) is 0.957. The van der Waals surface area contributed by atoms with Crippen LogP contribution >= 0.6 is 15.9 Å². The lowest BCUT2D eigenvalue weighted by Gasteiger charge is -2.23. The van der Waals surface area contributed by atoms with Crippen molar-refractivity contribution in [1.82, 2.24) is 0 Å². The number of ether oxygens (including phenoxy) is 1. The Hall–Kier alpha value is -0.540. The van der Waals surface area contributed by atoms with Crippen molar-refractivity contribution in [1.29, 1.82) is 0 Å². The van der Waals surface area contributed by atoms with Crippen molar-refractivity contribution in [3.8, 4) is 5.75 Å². The Balaban J connectivity index is 1.73. The molecule has 0 bridgehead atoms. The van der Waals surface area contributed by atoms with Gasteiger partial charge in [-0.3, -0.25) is 0 Å². The summed E-state index contributed by atoms with van der Waals surface area (Å²) in [7, 11) is 0. The topological polar surface area (TPSA) is 13.7 Å². The van der Waals surface area contributed by atoms with Crippen LogP contribution in [-0.2, 0) is 0 Å². The van der Waals surface area contributed by atoms with Gasteiger partial charge in [-0.05, 0) is 47.3 Å². The lowest BCUT2D eigenvalue weighted by molar-refractivity contribution is -0.904. The Kier molecular flexibility index (Phi) is 4.67.